The van der Waals surface area contributed by atoms with Gasteiger partial charge in [0, 0.05) is 0 Å². The molecule has 0 saturated heterocycles. The first kappa shape index (κ1) is 16.4. The number of aliphatic hydroxyl groups is 1. The van der Waals surface area contributed by atoms with Gasteiger partial charge in [0.05, 0.1) is 12.2 Å². The molecule has 0 radical (unpaired) electrons. The van der Waals surface area contributed by atoms with Crippen LogP contribution < -0.4 is 5.73 Å². The van der Waals surface area contributed by atoms with E-state index in [1.165, 1.54) is 6.92 Å². The molecule has 2 atom stereocenters. The summed E-state index contributed by atoms with van der Waals surface area (Å²) in [4.78, 5) is 11.3. The smallest absolute Gasteiger partial charge is 0.419 e. The van der Waals surface area contributed by atoms with E-state index in [2.05, 4.69) is 4.74 Å². The van der Waals surface area contributed by atoms with Crippen molar-refractivity contribution in [3.63, 3.8) is 0 Å². The molecule has 0 amide bonds. The second kappa shape index (κ2) is 6.19. The molecule has 0 fully saturated rings. The Morgan fingerprint density at radius 2 is 2.05 bits per heavy atom. The quantitative estimate of drug-likeness (QED) is 0.656. The van der Waals surface area contributed by atoms with Crippen LogP contribution in [0.15, 0.2) is 18.2 Å². The largest absolute Gasteiger partial charge is 0.465 e. The number of nitrogens with two attached hydrogens (primary N) is 1. The molecule has 0 bridgehead atoms. The molecule has 1 aromatic carbocycles. The van der Waals surface area contributed by atoms with Gasteiger partial charge >= 0.3 is 12.1 Å². The normalized spacial score (nSPS) is 14.8. The topological polar surface area (TPSA) is 72.5 Å². The van der Waals surface area contributed by atoms with Crippen LogP contribution >= 0.6 is 0 Å². The van der Waals surface area contributed by atoms with Crippen LogP contribution in [0.2, 0.25) is 0 Å². The number of hydrogen-bond donors (Lipinski definition) is 2. The van der Waals surface area contributed by atoms with Crippen LogP contribution in [0.4, 0.5) is 17.6 Å². The molecular formula is C12H13F4NO3. The van der Waals surface area contributed by atoms with Gasteiger partial charge in [-0.2, -0.15) is 13.2 Å². The molecule has 20 heavy (non-hydrogen) atoms. The highest BCUT2D eigenvalue weighted by Crippen LogP contribution is 2.33. The standard InChI is InChI=1S/C12H13F4NO3/c1-2-20-11(19)9(17)10(18)6-3-4-8(13)7(5-6)12(14,15)16/h3-5,9-10,18H,2,17H2,1H3. The second-order valence-corrected chi connectivity index (χ2v) is 3.96. The molecule has 112 valence electrons. The number of aliphatic hydroxyl groups excluding tert-OH is 1. The molecule has 0 saturated carbocycles. The van der Waals surface area contributed by atoms with Crippen molar-refractivity contribution in [3.05, 3.63) is 35.1 Å². The Labute approximate surface area is 112 Å². The molecule has 0 spiro atoms. The van der Waals surface area contributed by atoms with Crippen LogP contribution in [0, 0.1) is 5.82 Å². The predicted molar refractivity (Wildman–Crippen MR) is 61.0 cm³/mol. The molecule has 0 aliphatic carbocycles. The molecule has 1 rings (SSSR count). The summed E-state index contributed by atoms with van der Waals surface area (Å²) >= 11 is 0. The van der Waals surface area contributed by atoms with Crippen LogP contribution in [-0.2, 0) is 15.7 Å². The van der Waals surface area contributed by atoms with Gasteiger partial charge in [0.1, 0.15) is 18.0 Å². The zero-order valence-corrected chi connectivity index (χ0v) is 10.4. The molecule has 4 nitrogen and oxygen atoms in total. The highest BCUT2D eigenvalue weighted by molar-refractivity contribution is 5.76. The van der Waals surface area contributed by atoms with Gasteiger partial charge in [0.2, 0.25) is 0 Å². The number of carbonyl (C=O) groups excluding carboxylic acids is 1. The summed E-state index contributed by atoms with van der Waals surface area (Å²) in [5, 5.41) is 9.75. The van der Waals surface area contributed by atoms with Gasteiger partial charge in [-0.1, -0.05) is 6.07 Å². The van der Waals surface area contributed by atoms with Gasteiger partial charge in [-0.3, -0.25) is 4.79 Å². The first-order valence-electron chi connectivity index (χ1n) is 5.65. The molecule has 0 aliphatic rings. The summed E-state index contributed by atoms with van der Waals surface area (Å²) in [5.74, 6) is -2.43. The first-order chi connectivity index (χ1) is 9.18. The minimum atomic E-state index is -4.91. The molecular weight excluding hydrogens is 282 g/mol. The Hall–Kier alpha value is -1.67. The number of carbonyl (C=O) groups is 1. The number of ether oxygens (including phenoxy) is 1. The Bertz CT molecular complexity index is 490. The van der Waals surface area contributed by atoms with Gasteiger partial charge in [0.15, 0.2) is 0 Å². The summed E-state index contributed by atoms with van der Waals surface area (Å²) in [7, 11) is 0. The number of rotatable bonds is 4. The zero-order chi connectivity index (χ0) is 15.5. The van der Waals surface area contributed by atoms with E-state index >= 15 is 0 Å². The zero-order valence-electron chi connectivity index (χ0n) is 10.4. The van der Waals surface area contributed by atoms with E-state index < -0.39 is 35.7 Å². The molecule has 0 aromatic heterocycles. The lowest BCUT2D eigenvalue weighted by Crippen LogP contribution is -2.38. The van der Waals surface area contributed by atoms with Crippen LogP contribution in [0.5, 0.6) is 0 Å². The molecule has 0 aliphatic heterocycles. The molecule has 8 heteroatoms. The van der Waals surface area contributed by atoms with Crippen molar-refractivity contribution < 1.29 is 32.2 Å². The van der Waals surface area contributed by atoms with Gasteiger partial charge in [0.25, 0.3) is 0 Å². The van der Waals surface area contributed by atoms with E-state index in [-0.39, 0.29) is 12.2 Å². The van der Waals surface area contributed by atoms with Gasteiger partial charge in [-0.25, -0.2) is 4.39 Å². The lowest BCUT2D eigenvalue weighted by atomic mass is 10.00. The van der Waals surface area contributed by atoms with E-state index in [4.69, 9.17) is 5.73 Å². The van der Waals surface area contributed by atoms with Crippen LogP contribution in [0.3, 0.4) is 0 Å². The lowest BCUT2D eigenvalue weighted by molar-refractivity contribution is -0.147. The van der Waals surface area contributed by atoms with Gasteiger partial charge in [-0.05, 0) is 24.6 Å². The highest BCUT2D eigenvalue weighted by Gasteiger charge is 2.35. The van der Waals surface area contributed by atoms with E-state index in [1.54, 1.807) is 0 Å². The summed E-state index contributed by atoms with van der Waals surface area (Å²) < 4.78 is 55.2. The summed E-state index contributed by atoms with van der Waals surface area (Å²) in [6, 6.07) is 0.341. The van der Waals surface area contributed by atoms with Crippen LogP contribution in [-0.4, -0.2) is 23.7 Å². The van der Waals surface area contributed by atoms with Crippen LogP contribution in [0.25, 0.3) is 0 Å². The summed E-state index contributed by atoms with van der Waals surface area (Å²) in [6.45, 7) is 1.52. The third-order valence-corrected chi connectivity index (χ3v) is 2.54. The maximum Gasteiger partial charge on any atom is 0.419 e. The lowest BCUT2D eigenvalue weighted by Gasteiger charge is -2.19. The predicted octanol–water partition coefficient (Wildman–Crippen LogP) is 1.77. The van der Waals surface area contributed by atoms with Crippen molar-refractivity contribution in [1.82, 2.24) is 0 Å². The third kappa shape index (κ3) is 3.67. The van der Waals surface area contributed by atoms with Crippen molar-refractivity contribution in [2.45, 2.75) is 25.2 Å². The van der Waals surface area contributed by atoms with Crippen molar-refractivity contribution in [2.24, 2.45) is 5.73 Å². The van der Waals surface area contributed by atoms with E-state index in [9.17, 15) is 27.5 Å². The number of benzene rings is 1. The van der Waals surface area contributed by atoms with Crippen molar-refractivity contribution in [2.75, 3.05) is 6.61 Å². The number of halogens is 4. The Kier molecular flexibility index (Phi) is 5.07. The average molecular weight is 295 g/mol. The van der Waals surface area contributed by atoms with Gasteiger partial charge in [-0.15, -0.1) is 0 Å². The molecule has 1 aromatic rings. The highest BCUT2D eigenvalue weighted by atomic mass is 19.4. The number of alkyl halides is 3. The van der Waals surface area contributed by atoms with Crippen molar-refractivity contribution in [3.8, 4) is 0 Å². The Balaban J connectivity index is 3.05. The molecule has 2 unspecified atom stereocenters. The SMILES string of the molecule is CCOC(=O)C(N)C(O)c1ccc(F)c(C(F)(F)F)c1. The van der Waals surface area contributed by atoms with E-state index in [1.807, 2.05) is 0 Å². The Morgan fingerprint density at radius 3 is 2.55 bits per heavy atom. The molecule has 0 heterocycles. The van der Waals surface area contributed by atoms with E-state index in [0.29, 0.717) is 12.1 Å². The monoisotopic (exact) mass is 295 g/mol. The Morgan fingerprint density at radius 1 is 1.45 bits per heavy atom. The summed E-state index contributed by atoms with van der Waals surface area (Å²) in [6.07, 6.45) is -6.64. The average Bonchev–Trinajstić information content (AvgIpc) is 2.36. The van der Waals surface area contributed by atoms with Gasteiger partial charge < -0.3 is 15.6 Å². The van der Waals surface area contributed by atoms with Crippen molar-refractivity contribution in [1.29, 1.82) is 0 Å². The number of esters is 1. The second-order valence-electron chi connectivity index (χ2n) is 3.96. The van der Waals surface area contributed by atoms with Crippen molar-refractivity contribution >= 4 is 5.97 Å². The maximum atomic E-state index is 13.1. The number of hydrogen-bond acceptors (Lipinski definition) is 4. The molecule has 3 N–H and O–H groups in total. The first-order valence-corrected chi connectivity index (χ1v) is 5.65. The minimum Gasteiger partial charge on any atom is -0.465 e. The fourth-order valence-electron chi connectivity index (χ4n) is 1.52. The fourth-order valence-corrected chi connectivity index (χ4v) is 1.52. The maximum absolute atomic E-state index is 13.1. The minimum absolute atomic E-state index is 0.0104. The third-order valence-electron chi connectivity index (χ3n) is 2.54. The van der Waals surface area contributed by atoms with Crippen LogP contribution in [0.1, 0.15) is 24.2 Å². The van der Waals surface area contributed by atoms with E-state index in [0.717, 1.165) is 6.07 Å². The summed E-state index contributed by atoms with van der Waals surface area (Å²) in [5.41, 5.74) is 3.52. The fraction of sp³-hybridized carbons (Fsp3) is 0.417.